The van der Waals surface area contributed by atoms with Gasteiger partial charge in [-0.1, -0.05) is 96.4 Å². The zero-order valence-electron chi connectivity index (χ0n) is 26.8. The van der Waals surface area contributed by atoms with E-state index in [0.29, 0.717) is 28.9 Å². The third-order valence-corrected chi connectivity index (χ3v) is 9.84. The maximum Gasteiger partial charge on any atom is 0.417 e. The molecule has 0 saturated heterocycles. The van der Waals surface area contributed by atoms with E-state index >= 15 is 0 Å². The smallest absolute Gasteiger partial charge is 0.354 e. The van der Waals surface area contributed by atoms with Gasteiger partial charge in [-0.15, -0.1) is 0 Å². The molecule has 0 spiro atoms. The summed E-state index contributed by atoms with van der Waals surface area (Å²) in [5.41, 5.74) is 1.49. The molecule has 0 radical (unpaired) electrons. The molecule has 0 fully saturated rings. The highest BCUT2D eigenvalue weighted by molar-refractivity contribution is 7.92. The molecule has 0 bridgehead atoms. The van der Waals surface area contributed by atoms with Crippen LogP contribution < -0.4 is 9.62 Å². The predicted octanol–water partition coefficient (Wildman–Crippen LogP) is 7.34. The van der Waals surface area contributed by atoms with Gasteiger partial charge in [-0.3, -0.25) is 13.9 Å². The van der Waals surface area contributed by atoms with Crippen LogP contribution in [0.15, 0.2) is 102 Å². The van der Waals surface area contributed by atoms with Crippen molar-refractivity contribution in [2.75, 3.05) is 17.4 Å². The predicted molar refractivity (Wildman–Crippen MR) is 181 cm³/mol. The second kappa shape index (κ2) is 15.7. The number of aryl methyl sites for hydroxylation is 2. The zero-order chi connectivity index (χ0) is 35.1. The second-order valence-electron chi connectivity index (χ2n) is 11.5. The number of hydrogen-bond donors (Lipinski definition) is 1. The van der Waals surface area contributed by atoms with Crippen molar-refractivity contribution in [3.8, 4) is 0 Å². The van der Waals surface area contributed by atoms with Crippen molar-refractivity contribution in [3.63, 3.8) is 0 Å². The summed E-state index contributed by atoms with van der Waals surface area (Å²) in [6.45, 7) is 4.92. The molecule has 0 saturated carbocycles. The van der Waals surface area contributed by atoms with E-state index in [2.05, 4.69) is 5.32 Å². The molecule has 0 aromatic heterocycles. The summed E-state index contributed by atoms with van der Waals surface area (Å²) in [4.78, 5) is 29.3. The summed E-state index contributed by atoms with van der Waals surface area (Å²) in [6, 6.07) is 23.7. The van der Waals surface area contributed by atoms with E-state index in [0.717, 1.165) is 28.8 Å². The van der Waals surface area contributed by atoms with Crippen LogP contribution >= 0.6 is 11.6 Å². The lowest BCUT2D eigenvalue weighted by atomic mass is 10.0. The average Bonchev–Trinajstić information content (AvgIpc) is 3.05. The number of sulfonamides is 1. The quantitative estimate of drug-likeness (QED) is 0.158. The van der Waals surface area contributed by atoms with Gasteiger partial charge in [0.15, 0.2) is 0 Å². The Morgan fingerprint density at radius 2 is 1.46 bits per heavy atom. The summed E-state index contributed by atoms with van der Waals surface area (Å²) in [5, 5.41) is 2.23. The van der Waals surface area contributed by atoms with E-state index in [4.69, 9.17) is 11.6 Å². The van der Waals surface area contributed by atoms with Crippen molar-refractivity contribution < 1.29 is 31.2 Å². The number of hydrogen-bond acceptors (Lipinski definition) is 4. The lowest BCUT2D eigenvalue weighted by Crippen LogP contribution is -2.53. The molecule has 4 rings (SSSR count). The largest absolute Gasteiger partial charge is 0.417 e. The monoisotopic (exact) mass is 699 g/mol. The van der Waals surface area contributed by atoms with Crippen LogP contribution in [-0.2, 0) is 38.8 Å². The fraction of sp³-hybridized carbons (Fsp3) is 0.278. The van der Waals surface area contributed by atoms with Crippen molar-refractivity contribution in [1.82, 2.24) is 10.2 Å². The standard InChI is InChI=1S/C36H37ClF3N3O4S/c1-4-20-41-35(45)33(21-27-8-6-5-7-9-27)42(23-28-14-10-25(2)11-15-28)34(44)24-43(48(46,47)30-17-12-26(3)13-18-30)29-16-19-32(37)31(22-29)36(38,39)40/h5-19,22,33H,4,20-21,23-24H2,1-3H3,(H,41,45)/t33-/m1/s1. The first kappa shape index (κ1) is 36.5. The fourth-order valence-corrected chi connectivity index (χ4v) is 6.69. The number of halogens is 4. The Hall–Kier alpha value is -4.35. The van der Waals surface area contributed by atoms with Crippen molar-refractivity contribution >= 4 is 39.1 Å². The molecule has 0 unspecified atom stereocenters. The Balaban J connectivity index is 1.85. The van der Waals surface area contributed by atoms with Gasteiger partial charge in [0.05, 0.1) is 21.2 Å². The van der Waals surface area contributed by atoms with Gasteiger partial charge >= 0.3 is 6.18 Å². The molecule has 1 atom stereocenters. The molecule has 4 aromatic carbocycles. The molecule has 254 valence electrons. The molecule has 48 heavy (non-hydrogen) atoms. The second-order valence-corrected chi connectivity index (χ2v) is 13.8. The molecule has 2 amide bonds. The first-order valence-corrected chi connectivity index (χ1v) is 17.1. The van der Waals surface area contributed by atoms with Crippen LogP contribution in [-0.4, -0.2) is 44.3 Å². The lowest BCUT2D eigenvalue weighted by molar-refractivity contribution is -0.140. The Morgan fingerprint density at radius 3 is 2.04 bits per heavy atom. The van der Waals surface area contributed by atoms with E-state index in [-0.39, 0.29) is 17.9 Å². The topological polar surface area (TPSA) is 86.8 Å². The number of alkyl halides is 3. The molecule has 12 heteroatoms. The summed E-state index contributed by atoms with van der Waals surface area (Å²) in [7, 11) is -4.60. The van der Waals surface area contributed by atoms with Gasteiger partial charge < -0.3 is 10.2 Å². The Morgan fingerprint density at radius 1 is 0.854 bits per heavy atom. The summed E-state index contributed by atoms with van der Waals surface area (Å²) in [6.07, 6.45) is -4.15. The highest BCUT2D eigenvalue weighted by Gasteiger charge is 2.37. The fourth-order valence-electron chi connectivity index (χ4n) is 5.06. The zero-order valence-corrected chi connectivity index (χ0v) is 28.4. The van der Waals surface area contributed by atoms with Gasteiger partial charge in [0.1, 0.15) is 12.6 Å². The van der Waals surface area contributed by atoms with E-state index < -0.39 is 56.9 Å². The number of carbonyl (C=O) groups excluding carboxylic acids is 2. The van der Waals surface area contributed by atoms with Gasteiger partial charge in [-0.2, -0.15) is 13.2 Å². The first-order valence-electron chi connectivity index (χ1n) is 15.3. The van der Waals surface area contributed by atoms with Crippen LogP contribution in [0.4, 0.5) is 18.9 Å². The molecule has 0 aliphatic carbocycles. The van der Waals surface area contributed by atoms with E-state index in [1.807, 2.05) is 44.2 Å². The normalized spacial score (nSPS) is 12.3. The van der Waals surface area contributed by atoms with Crippen molar-refractivity contribution in [2.45, 2.75) is 57.3 Å². The first-order chi connectivity index (χ1) is 22.7. The van der Waals surface area contributed by atoms with Gasteiger partial charge in [-0.25, -0.2) is 8.42 Å². The molecule has 4 aromatic rings. The lowest BCUT2D eigenvalue weighted by Gasteiger charge is -2.34. The number of nitrogens with zero attached hydrogens (tertiary/aromatic N) is 2. The number of amides is 2. The number of rotatable bonds is 13. The number of anilines is 1. The molecular formula is C36H37ClF3N3O4S. The van der Waals surface area contributed by atoms with E-state index in [1.54, 1.807) is 43.3 Å². The average molecular weight is 700 g/mol. The SMILES string of the molecule is CCCNC(=O)[C@@H](Cc1ccccc1)N(Cc1ccc(C)cc1)C(=O)CN(c1ccc(Cl)c(C(F)(F)F)c1)S(=O)(=O)c1ccc(C)cc1. The molecular weight excluding hydrogens is 663 g/mol. The Kier molecular flexibility index (Phi) is 11.9. The third kappa shape index (κ3) is 9.17. The minimum atomic E-state index is -4.90. The number of benzene rings is 4. The molecule has 0 aliphatic heterocycles. The summed E-state index contributed by atoms with van der Waals surface area (Å²) < 4.78 is 70.8. The Bertz CT molecular complexity index is 1820. The van der Waals surface area contributed by atoms with Crippen LogP contribution in [0.2, 0.25) is 5.02 Å². The maximum atomic E-state index is 14.5. The van der Waals surface area contributed by atoms with Crippen LogP contribution in [0, 0.1) is 13.8 Å². The molecule has 1 N–H and O–H groups in total. The van der Waals surface area contributed by atoms with Crippen molar-refractivity contribution in [3.05, 3.63) is 130 Å². The van der Waals surface area contributed by atoms with E-state index in [9.17, 15) is 31.2 Å². The number of carbonyl (C=O) groups is 2. The number of nitrogens with one attached hydrogen (secondary N) is 1. The van der Waals surface area contributed by atoms with Gasteiger partial charge in [-0.05, 0) is 61.7 Å². The molecule has 0 aliphatic rings. The highest BCUT2D eigenvalue weighted by atomic mass is 35.5. The van der Waals surface area contributed by atoms with Crippen molar-refractivity contribution in [2.24, 2.45) is 0 Å². The van der Waals surface area contributed by atoms with Gasteiger partial charge in [0.25, 0.3) is 10.0 Å². The van der Waals surface area contributed by atoms with Gasteiger partial charge in [0.2, 0.25) is 11.8 Å². The van der Waals surface area contributed by atoms with Crippen LogP contribution in [0.3, 0.4) is 0 Å². The maximum absolute atomic E-state index is 14.5. The van der Waals surface area contributed by atoms with Crippen LogP contribution in [0.25, 0.3) is 0 Å². The van der Waals surface area contributed by atoms with Gasteiger partial charge in [0, 0.05) is 19.5 Å². The van der Waals surface area contributed by atoms with E-state index in [1.165, 1.54) is 17.0 Å². The van der Waals surface area contributed by atoms with Crippen LogP contribution in [0.5, 0.6) is 0 Å². The minimum Gasteiger partial charge on any atom is -0.354 e. The third-order valence-electron chi connectivity index (χ3n) is 7.73. The highest BCUT2D eigenvalue weighted by Crippen LogP contribution is 2.38. The molecule has 7 nitrogen and oxygen atoms in total. The van der Waals surface area contributed by atoms with Crippen LogP contribution in [0.1, 0.15) is 41.2 Å². The molecule has 0 heterocycles. The summed E-state index contributed by atoms with van der Waals surface area (Å²) in [5.74, 6) is -1.23. The minimum absolute atomic E-state index is 0.0665. The summed E-state index contributed by atoms with van der Waals surface area (Å²) >= 11 is 5.88. The van der Waals surface area contributed by atoms with Crippen molar-refractivity contribution in [1.29, 1.82) is 0 Å². The Labute approximate surface area is 284 Å².